The minimum Gasteiger partial charge on any atom is -0.506 e. The number of amides is 1. The first kappa shape index (κ1) is 25.0. The van der Waals surface area contributed by atoms with Crippen molar-refractivity contribution in [2.24, 2.45) is 0 Å². The average molecular weight is 444 g/mol. The molecule has 1 saturated heterocycles. The van der Waals surface area contributed by atoms with E-state index >= 15 is 0 Å². The van der Waals surface area contributed by atoms with Crippen LogP contribution in [0.5, 0.6) is 5.75 Å². The number of nitrogens with zero attached hydrogens (tertiary/aromatic N) is 3. The Morgan fingerprint density at radius 3 is 2.53 bits per heavy atom. The van der Waals surface area contributed by atoms with Gasteiger partial charge in [0.15, 0.2) is 5.69 Å². The Labute approximate surface area is 187 Å². The number of carbonyl (C=O) groups is 2. The Bertz CT molecular complexity index is 980. The number of carboxylic acid groups (broad SMARTS) is 1. The number of piperazine rings is 1. The Kier molecular flexibility index (Phi) is 8.90. The SMILES string of the molecule is C=CC(=O)N1CCN(CCc2ccc(C)c(F)c2)C[C@H]1C.Cc1cc(O)cnc1C(=O)O. The van der Waals surface area contributed by atoms with Crippen molar-refractivity contribution >= 4 is 11.9 Å². The predicted molar refractivity (Wildman–Crippen MR) is 120 cm³/mol. The summed E-state index contributed by atoms with van der Waals surface area (Å²) in [7, 11) is 0. The minimum absolute atomic E-state index is 0.00255. The van der Waals surface area contributed by atoms with Gasteiger partial charge >= 0.3 is 5.97 Å². The molecule has 0 aliphatic carbocycles. The molecular weight excluding hydrogens is 413 g/mol. The highest BCUT2D eigenvalue weighted by Gasteiger charge is 2.25. The molecule has 1 aliphatic rings. The fourth-order valence-corrected chi connectivity index (χ4v) is 3.54. The molecule has 0 unspecified atom stereocenters. The average Bonchev–Trinajstić information content (AvgIpc) is 2.74. The summed E-state index contributed by atoms with van der Waals surface area (Å²) in [6.45, 7) is 12.3. The van der Waals surface area contributed by atoms with Crippen molar-refractivity contribution in [1.82, 2.24) is 14.8 Å². The van der Waals surface area contributed by atoms with Crippen molar-refractivity contribution in [2.45, 2.75) is 33.2 Å². The van der Waals surface area contributed by atoms with Crippen molar-refractivity contribution < 1.29 is 24.2 Å². The zero-order valence-corrected chi connectivity index (χ0v) is 18.7. The van der Waals surface area contributed by atoms with Gasteiger partial charge in [-0.1, -0.05) is 18.7 Å². The third-order valence-electron chi connectivity index (χ3n) is 5.39. The third kappa shape index (κ3) is 6.88. The first-order valence-electron chi connectivity index (χ1n) is 10.4. The van der Waals surface area contributed by atoms with E-state index in [-0.39, 0.29) is 29.2 Å². The molecule has 0 saturated carbocycles. The standard InChI is InChI=1S/C17H23FN2O.C7H7NO3/c1-4-17(21)20-10-9-19(12-14(20)3)8-7-15-6-5-13(2)16(18)11-15;1-4-2-5(9)3-8-6(4)7(10)11/h4-6,11,14H,1,7-10,12H2,2-3H3;2-3,9H,1H3,(H,10,11)/t14-;/m1./s1. The highest BCUT2D eigenvalue weighted by molar-refractivity contribution is 5.87. The largest absolute Gasteiger partial charge is 0.506 e. The lowest BCUT2D eigenvalue weighted by molar-refractivity contribution is -0.130. The highest BCUT2D eigenvalue weighted by atomic mass is 19.1. The number of carboxylic acids is 1. The van der Waals surface area contributed by atoms with Crippen molar-refractivity contribution in [1.29, 1.82) is 0 Å². The van der Waals surface area contributed by atoms with E-state index in [1.165, 1.54) is 12.1 Å². The van der Waals surface area contributed by atoms with E-state index in [0.29, 0.717) is 11.1 Å². The molecule has 0 bridgehead atoms. The first-order chi connectivity index (χ1) is 15.1. The topological polar surface area (TPSA) is 94.0 Å². The summed E-state index contributed by atoms with van der Waals surface area (Å²) in [6.07, 6.45) is 3.32. The quantitative estimate of drug-likeness (QED) is 0.690. The number of rotatable bonds is 5. The van der Waals surface area contributed by atoms with Crippen molar-refractivity contribution in [2.75, 3.05) is 26.2 Å². The lowest BCUT2D eigenvalue weighted by Crippen LogP contribution is -2.53. The lowest BCUT2D eigenvalue weighted by Gasteiger charge is -2.39. The summed E-state index contributed by atoms with van der Waals surface area (Å²) in [5.74, 6) is -1.24. The molecule has 0 radical (unpaired) electrons. The zero-order chi connectivity index (χ0) is 23.8. The summed E-state index contributed by atoms with van der Waals surface area (Å²) in [4.78, 5) is 29.8. The van der Waals surface area contributed by atoms with Gasteiger partial charge in [-0.05, 0) is 62.1 Å². The maximum absolute atomic E-state index is 13.5. The van der Waals surface area contributed by atoms with Crippen LogP contribution in [0.3, 0.4) is 0 Å². The molecule has 2 heterocycles. The van der Waals surface area contributed by atoms with E-state index in [4.69, 9.17) is 10.2 Å². The molecule has 2 N–H and O–H groups in total. The van der Waals surface area contributed by atoms with Crippen LogP contribution >= 0.6 is 0 Å². The van der Waals surface area contributed by atoms with Crippen LogP contribution in [-0.2, 0) is 11.2 Å². The van der Waals surface area contributed by atoms with E-state index in [1.54, 1.807) is 19.9 Å². The van der Waals surface area contributed by atoms with Gasteiger partial charge in [0, 0.05) is 32.2 Å². The number of aromatic hydroxyl groups is 1. The molecule has 2 aromatic rings. The van der Waals surface area contributed by atoms with Gasteiger partial charge in [0.25, 0.3) is 0 Å². The number of aromatic carboxylic acids is 1. The number of halogens is 1. The van der Waals surface area contributed by atoms with E-state index in [0.717, 1.165) is 44.4 Å². The zero-order valence-electron chi connectivity index (χ0n) is 18.7. The van der Waals surface area contributed by atoms with Crippen LogP contribution in [0, 0.1) is 19.7 Å². The monoisotopic (exact) mass is 443 g/mol. The number of aromatic nitrogens is 1. The molecule has 1 aromatic heterocycles. The van der Waals surface area contributed by atoms with E-state index < -0.39 is 5.97 Å². The molecule has 1 aromatic carbocycles. The van der Waals surface area contributed by atoms with Crippen LogP contribution < -0.4 is 0 Å². The van der Waals surface area contributed by atoms with E-state index in [1.807, 2.05) is 17.0 Å². The molecule has 172 valence electrons. The maximum atomic E-state index is 13.5. The second-order valence-corrected chi connectivity index (χ2v) is 7.88. The molecule has 1 fully saturated rings. The first-order valence-corrected chi connectivity index (χ1v) is 10.4. The summed E-state index contributed by atoms with van der Waals surface area (Å²) < 4.78 is 13.5. The molecule has 32 heavy (non-hydrogen) atoms. The van der Waals surface area contributed by atoms with Crippen LogP contribution in [0.15, 0.2) is 43.1 Å². The normalized spacial score (nSPS) is 16.1. The Morgan fingerprint density at radius 2 is 1.97 bits per heavy atom. The number of aryl methyl sites for hydroxylation is 2. The molecule has 1 amide bonds. The highest BCUT2D eigenvalue weighted by Crippen LogP contribution is 2.14. The van der Waals surface area contributed by atoms with Gasteiger partial charge in [-0.15, -0.1) is 0 Å². The van der Waals surface area contributed by atoms with Gasteiger partial charge in [-0.25, -0.2) is 14.2 Å². The fourth-order valence-electron chi connectivity index (χ4n) is 3.54. The molecule has 1 aliphatic heterocycles. The van der Waals surface area contributed by atoms with Gasteiger partial charge in [-0.2, -0.15) is 0 Å². The van der Waals surface area contributed by atoms with Crippen LogP contribution in [-0.4, -0.2) is 69.1 Å². The molecule has 7 nitrogen and oxygen atoms in total. The number of benzene rings is 1. The summed E-state index contributed by atoms with van der Waals surface area (Å²) >= 11 is 0. The number of carbonyl (C=O) groups excluding carboxylic acids is 1. The van der Waals surface area contributed by atoms with Crippen molar-refractivity contribution in [3.8, 4) is 5.75 Å². The smallest absolute Gasteiger partial charge is 0.354 e. The molecule has 1 atom stereocenters. The Morgan fingerprint density at radius 1 is 1.25 bits per heavy atom. The van der Waals surface area contributed by atoms with Crippen molar-refractivity contribution in [3.05, 3.63) is 71.3 Å². The second-order valence-electron chi connectivity index (χ2n) is 7.88. The summed E-state index contributed by atoms with van der Waals surface area (Å²) in [5.41, 5.74) is 2.14. The summed E-state index contributed by atoms with van der Waals surface area (Å²) in [6, 6.07) is 6.99. The van der Waals surface area contributed by atoms with Gasteiger partial charge in [-0.3, -0.25) is 9.69 Å². The number of hydrogen-bond acceptors (Lipinski definition) is 5. The van der Waals surface area contributed by atoms with E-state index in [9.17, 15) is 14.0 Å². The number of hydrogen-bond donors (Lipinski definition) is 2. The van der Waals surface area contributed by atoms with Crippen molar-refractivity contribution in [3.63, 3.8) is 0 Å². The molecule has 3 rings (SSSR count). The van der Waals surface area contributed by atoms with Crippen LogP contribution in [0.2, 0.25) is 0 Å². The third-order valence-corrected chi connectivity index (χ3v) is 5.39. The molecule has 8 heteroatoms. The summed E-state index contributed by atoms with van der Waals surface area (Å²) in [5, 5.41) is 17.4. The van der Waals surface area contributed by atoms with Gasteiger partial charge in [0.05, 0.1) is 6.20 Å². The second kappa shape index (κ2) is 11.4. The Hall–Kier alpha value is -3.26. The Balaban J connectivity index is 0.000000278. The van der Waals surface area contributed by atoms with Crippen LogP contribution in [0.4, 0.5) is 4.39 Å². The van der Waals surface area contributed by atoms with Gasteiger partial charge in [0.2, 0.25) is 5.91 Å². The number of pyridine rings is 1. The fraction of sp³-hybridized carbons (Fsp3) is 0.375. The predicted octanol–water partition coefficient (Wildman–Crippen LogP) is 3.19. The molecular formula is C24H30FN3O4. The van der Waals surface area contributed by atoms with Crippen LogP contribution in [0.1, 0.15) is 34.1 Å². The lowest BCUT2D eigenvalue weighted by atomic mass is 10.1. The van der Waals surface area contributed by atoms with Gasteiger partial charge < -0.3 is 15.1 Å². The van der Waals surface area contributed by atoms with Gasteiger partial charge in [0.1, 0.15) is 11.6 Å². The minimum atomic E-state index is -1.08. The maximum Gasteiger partial charge on any atom is 0.354 e. The van der Waals surface area contributed by atoms with Crippen LogP contribution in [0.25, 0.3) is 0 Å². The molecule has 0 spiro atoms. The van der Waals surface area contributed by atoms with E-state index in [2.05, 4.69) is 23.4 Å².